The third-order valence-electron chi connectivity index (χ3n) is 7.97. The van der Waals surface area contributed by atoms with Crippen LogP contribution < -0.4 is 16.0 Å². The highest BCUT2D eigenvalue weighted by Gasteiger charge is 2.29. The average molecular weight is 607 g/mol. The Kier molecular flexibility index (Phi) is 10.5. The number of anilines is 1. The Morgan fingerprint density at radius 3 is 2.71 bits per heavy atom. The van der Waals surface area contributed by atoms with E-state index in [0.29, 0.717) is 31.6 Å². The molecule has 232 valence electrons. The first-order valence-electron chi connectivity index (χ1n) is 15.2. The van der Waals surface area contributed by atoms with Crippen molar-refractivity contribution in [3.8, 4) is 6.19 Å². The van der Waals surface area contributed by atoms with Gasteiger partial charge in [-0.25, -0.2) is 4.99 Å². The van der Waals surface area contributed by atoms with Crippen LogP contribution in [0.3, 0.4) is 0 Å². The van der Waals surface area contributed by atoms with Gasteiger partial charge in [-0.15, -0.1) is 0 Å². The predicted octanol–water partition coefficient (Wildman–Crippen LogP) is 4.79. The zero-order chi connectivity index (χ0) is 31.6. The number of aliphatic hydroxyl groups is 1. The van der Waals surface area contributed by atoms with Crippen molar-refractivity contribution in [3.05, 3.63) is 101 Å². The molecule has 10 nitrogen and oxygen atoms in total. The number of hydrogen-bond donors (Lipinski definition) is 4. The highest BCUT2D eigenvalue weighted by molar-refractivity contribution is 5.98. The highest BCUT2D eigenvalue weighted by Crippen LogP contribution is 2.30. The Morgan fingerprint density at radius 2 is 1.91 bits per heavy atom. The number of aliphatic hydroxyl groups excluding tert-OH is 1. The third kappa shape index (κ3) is 8.08. The van der Waals surface area contributed by atoms with Crippen LogP contribution in [0.1, 0.15) is 54.1 Å². The smallest absolute Gasteiger partial charge is 0.247 e. The number of likely N-dealkylation sites (tertiary alicyclic amines) is 1. The molecule has 1 aromatic heterocycles. The molecule has 2 amide bonds. The van der Waals surface area contributed by atoms with E-state index in [1.807, 2.05) is 92.0 Å². The summed E-state index contributed by atoms with van der Waals surface area (Å²) in [6.07, 6.45) is 4.47. The number of guanidine groups is 1. The van der Waals surface area contributed by atoms with Gasteiger partial charge in [0.05, 0.1) is 6.54 Å². The maximum Gasteiger partial charge on any atom is 0.247 e. The van der Waals surface area contributed by atoms with Crippen LogP contribution in [0, 0.1) is 18.4 Å². The topological polar surface area (TPSA) is 143 Å². The minimum absolute atomic E-state index is 0.00866. The molecule has 1 aliphatic rings. The van der Waals surface area contributed by atoms with Crippen LogP contribution in [0.25, 0.3) is 11.0 Å². The average Bonchev–Trinajstić information content (AvgIpc) is 3.34. The molecule has 4 aromatic rings. The molecule has 10 heteroatoms. The molecule has 5 rings (SSSR count). The molecule has 2 atom stereocenters. The quantitative estimate of drug-likeness (QED) is 0.0880. The lowest BCUT2D eigenvalue weighted by Gasteiger charge is -2.23. The molecule has 0 bridgehead atoms. The second-order valence-corrected chi connectivity index (χ2v) is 11.2. The Balaban J connectivity index is 1.25. The van der Waals surface area contributed by atoms with E-state index in [-0.39, 0.29) is 36.8 Å². The third-order valence-corrected chi connectivity index (χ3v) is 7.97. The SMILES string of the molecule is Cc1cc2cc(NC(=NC3CCCCN(CC(=O)NCc4ccccc4C(CCO)c4ccccc4)C3=O)NC#N)ccc2o1. The number of carbonyl (C=O) groups is 2. The molecule has 3 aromatic carbocycles. The molecule has 2 heterocycles. The van der Waals surface area contributed by atoms with Crippen molar-refractivity contribution in [3.63, 3.8) is 0 Å². The molecule has 2 unspecified atom stereocenters. The number of nitrogens with zero attached hydrogens (tertiary/aromatic N) is 3. The summed E-state index contributed by atoms with van der Waals surface area (Å²) in [5.74, 6) is 0.426. The second-order valence-electron chi connectivity index (χ2n) is 11.2. The number of furan rings is 1. The van der Waals surface area contributed by atoms with Crippen molar-refractivity contribution in [1.29, 1.82) is 5.26 Å². The number of amides is 2. The minimum atomic E-state index is -0.741. The maximum absolute atomic E-state index is 13.6. The molecular weight excluding hydrogens is 568 g/mol. The summed E-state index contributed by atoms with van der Waals surface area (Å²) in [6, 6.07) is 24.6. The van der Waals surface area contributed by atoms with Gasteiger partial charge in [-0.1, -0.05) is 54.6 Å². The fourth-order valence-electron chi connectivity index (χ4n) is 5.83. The molecule has 1 saturated heterocycles. The van der Waals surface area contributed by atoms with E-state index in [9.17, 15) is 20.0 Å². The van der Waals surface area contributed by atoms with E-state index in [1.165, 1.54) is 0 Å². The van der Waals surface area contributed by atoms with Crippen LogP contribution in [0.15, 0.2) is 88.3 Å². The Labute approximate surface area is 262 Å². The van der Waals surface area contributed by atoms with Crippen LogP contribution in [0.5, 0.6) is 0 Å². The van der Waals surface area contributed by atoms with Crippen molar-refractivity contribution in [2.24, 2.45) is 4.99 Å². The van der Waals surface area contributed by atoms with Gasteiger partial charge in [0.1, 0.15) is 17.4 Å². The second kappa shape index (κ2) is 15.0. The number of aliphatic imine (C=N–C) groups is 1. The van der Waals surface area contributed by atoms with Gasteiger partial charge in [0.25, 0.3) is 0 Å². The molecule has 0 aliphatic carbocycles. The minimum Gasteiger partial charge on any atom is -0.461 e. The lowest BCUT2D eigenvalue weighted by atomic mass is 9.86. The van der Waals surface area contributed by atoms with E-state index in [0.717, 1.165) is 46.3 Å². The summed E-state index contributed by atoms with van der Waals surface area (Å²) >= 11 is 0. The van der Waals surface area contributed by atoms with Gasteiger partial charge in [0.2, 0.25) is 17.8 Å². The lowest BCUT2D eigenvalue weighted by Crippen LogP contribution is -2.44. The van der Waals surface area contributed by atoms with Gasteiger partial charge in [-0.05, 0) is 73.6 Å². The van der Waals surface area contributed by atoms with Crippen LogP contribution in [-0.4, -0.2) is 53.5 Å². The number of benzene rings is 3. The van der Waals surface area contributed by atoms with Gasteiger partial charge in [0, 0.05) is 36.7 Å². The molecule has 0 radical (unpaired) electrons. The van der Waals surface area contributed by atoms with Gasteiger partial charge >= 0.3 is 0 Å². The summed E-state index contributed by atoms with van der Waals surface area (Å²) in [5, 5.41) is 28.7. The first-order chi connectivity index (χ1) is 21.9. The number of nitriles is 1. The fourth-order valence-corrected chi connectivity index (χ4v) is 5.83. The van der Waals surface area contributed by atoms with E-state index in [1.54, 1.807) is 4.90 Å². The Morgan fingerprint density at radius 1 is 1.11 bits per heavy atom. The standard InChI is InChI=1S/C35H38N6O4/c1-24-19-27-20-28(14-15-32(27)45-24)39-35(38-23-36)40-31-13-7-8-17-41(34(31)44)22-33(43)37-21-26-11-5-6-12-29(26)30(16-18-42)25-9-3-2-4-10-25/h2-6,9-12,14-15,19-20,30-31,42H,7-8,13,16-18,21-22H2,1H3,(H,37,43)(H2,38,39,40). The summed E-state index contributed by atoms with van der Waals surface area (Å²) < 4.78 is 5.64. The number of hydrogen-bond acceptors (Lipinski definition) is 6. The first kappa shape index (κ1) is 31.3. The molecule has 0 saturated carbocycles. The van der Waals surface area contributed by atoms with Gasteiger partial charge in [-0.2, -0.15) is 5.26 Å². The van der Waals surface area contributed by atoms with Gasteiger partial charge in [0.15, 0.2) is 6.19 Å². The predicted molar refractivity (Wildman–Crippen MR) is 173 cm³/mol. The largest absolute Gasteiger partial charge is 0.461 e. The number of aryl methyl sites for hydroxylation is 1. The highest BCUT2D eigenvalue weighted by atomic mass is 16.3. The van der Waals surface area contributed by atoms with Crippen molar-refractivity contribution in [1.82, 2.24) is 15.5 Å². The van der Waals surface area contributed by atoms with Gasteiger partial charge in [-0.3, -0.25) is 14.9 Å². The summed E-state index contributed by atoms with van der Waals surface area (Å²) in [4.78, 5) is 32.8. The summed E-state index contributed by atoms with van der Waals surface area (Å²) in [5.41, 5.74) is 4.55. The van der Waals surface area contributed by atoms with E-state index in [2.05, 4.69) is 20.9 Å². The first-order valence-corrected chi connectivity index (χ1v) is 15.2. The Hall–Kier alpha value is -5.14. The van der Waals surface area contributed by atoms with Crippen LogP contribution in [0.2, 0.25) is 0 Å². The van der Waals surface area contributed by atoms with Crippen molar-refractivity contribution >= 4 is 34.4 Å². The molecular formula is C35H38N6O4. The van der Waals surface area contributed by atoms with Crippen molar-refractivity contribution < 1.29 is 19.1 Å². The van der Waals surface area contributed by atoms with Crippen molar-refractivity contribution in [2.45, 2.75) is 51.1 Å². The molecule has 1 aliphatic heterocycles. The normalized spacial score (nSPS) is 16.1. The van der Waals surface area contributed by atoms with Gasteiger partial charge < -0.3 is 25.1 Å². The monoisotopic (exact) mass is 606 g/mol. The van der Waals surface area contributed by atoms with Crippen LogP contribution >= 0.6 is 0 Å². The van der Waals surface area contributed by atoms with E-state index in [4.69, 9.17) is 4.42 Å². The van der Waals surface area contributed by atoms with E-state index < -0.39 is 6.04 Å². The summed E-state index contributed by atoms with van der Waals surface area (Å²) in [7, 11) is 0. The number of rotatable bonds is 10. The lowest BCUT2D eigenvalue weighted by molar-refractivity contribution is -0.136. The van der Waals surface area contributed by atoms with E-state index >= 15 is 0 Å². The fraction of sp³-hybridized carbons (Fsp3) is 0.314. The number of nitrogens with one attached hydrogen (secondary N) is 3. The molecule has 45 heavy (non-hydrogen) atoms. The van der Waals surface area contributed by atoms with Crippen molar-refractivity contribution in [2.75, 3.05) is 25.0 Å². The number of carbonyl (C=O) groups excluding carboxylic acids is 2. The maximum atomic E-state index is 13.6. The molecule has 4 N–H and O–H groups in total. The van der Waals surface area contributed by atoms with Crippen LogP contribution in [0.4, 0.5) is 5.69 Å². The molecule has 1 fully saturated rings. The zero-order valence-electron chi connectivity index (χ0n) is 25.3. The zero-order valence-corrected chi connectivity index (χ0v) is 25.3. The van der Waals surface area contributed by atoms with Crippen LogP contribution in [-0.2, 0) is 16.1 Å². The Bertz CT molecular complexity index is 1690. The number of fused-ring (bicyclic) bond motifs is 1. The molecule has 0 spiro atoms. The summed E-state index contributed by atoms with van der Waals surface area (Å²) in [6.45, 7) is 2.58.